The lowest BCUT2D eigenvalue weighted by atomic mass is 10.2. The lowest BCUT2D eigenvalue weighted by Crippen LogP contribution is -2.23. The van der Waals surface area contributed by atoms with Crippen molar-refractivity contribution in [1.29, 1.82) is 0 Å². The van der Waals surface area contributed by atoms with E-state index in [1.54, 1.807) is 49.8 Å². The number of amides is 1. The first-order valence-electron chi connectivity index (χ1n) is 5.71. The second-order valence-corrected chi connectivity index (χ2v) is 4.31. The number of benzene rings is 1. The van der Waals surface area contributed by atoms with Crippen LogP contribution in [0.5, 0.6) is 5.75 Å². The molecule has 0 aliphatic heterocycles. The summed E-state index contributed by atoms with van der Waals surface area (Å²) in [6.45, 7) is 0.352. The predicted molar refractivity (Wildman–Crippen MR) is 73.4 cm³/mol. The zero-order valence-corrected chi connectivity index (χ0v) is 11.1. The fraction of sp³-hybridized carbons (Fsp3) is 0.143. The zero-order chi connectivity index (χ0) is 13.7. The van der Waals surface area contributed by atoms with Gasteiger partial charge in [0.15, 0.2) is 0 Å². The molecule has 0 aliphatic carbocycles. The van der Waals surface area contributed by atoms with E-state index in [2.05, 4.69) is 10.3 Å². The number of halogens is 1. The molecular formula is C14H13ClN2O2. The standard InChI is InChI=1S/C14H13ClN2O2/c1-19-13-3-2-12(15)8-11(13)9-17-14(18)10-4-6-16-7-5-10/h2-8H,9H2,1H3,(H,17,18). The molecule has 2 rings (SSSR count). The van der Waals surface area contributed by atoms with Gasteiger partial charge in [-0.3, -0.25) is 9.78 Å². The van der Waals surface area contributed by atoms with Crippen LogP contribution < -0.4 is 10.1 Å². The third kappa shape index (κ3) is 3.45. The van der Waals surface area contributed by atoms with E-state index in [0.29, 0.717) is 22.9 Å². The van der Waals surface area contributed by atoms with Crippen molar-refractivity contribution in [2.45, 2.75) is 6.54 Å². The molecule has 19 heavy (non-hydrogen) atoms. The first kappa shape index (κ1) is 13.4. The number of pyridine rings is 1. The first-order valence-corrected chi connectivity index (χ1v) is 6.09. The molecule has 0 saturated heterocycles. The number of carbonyl (C=O) groups excluding carboxylic acids is 1. The molecule has 5 heteroatoms. The summed E-state index contributed by atoms with van der Waals surface area (Å²) in [4.78, 5) is 15.8. The van der Waals surface area contributed by atoms with Crippen molar-refractivity contribution in [2.75, 3.05) is 7.11 Å². The fourth-order valence-corrected chi connectivity index (χ4v) is 1.86. The van der Waals surface area contributed by atoms with Gasteiger partial charge in [-0.15, -0.1) is 0 Å². The Morgan fingerprint density at radius 3 is 2.74 bits per heavy atom. The van der Waals surface area contributed by atoms with Gasteiger partial charge >= 0.3 is 0 Å². The number of hydrogen-bond donors (Lipinski definition) is 1. The molecule has 0 unspecified atom stereocenters. The zero-order valence-electron chi connectivity index (χ0n) is 10.4. The maximum absolute atomic E-state index is 11.9. The lowest BCUT2D eigenvalue weighted by Gasteiger charge is -2.10. The van der Waals surface area contributed by atoms with Crippen molar-refractivity contribution in [3.8, 4) is 5.75 Å². The average molecular weight is 277 g/mol. The second-order valence-electron chi connectivity index (χ2n) is 3.87. The number of methoxy groups -OCH3 is 1. The Morgan fingerprint density at radius 1 is 1.32 bits per heavy atom. The number of nitrogens with zero attached hydrogens (tertiary/aromatic N) is 1. The summed E-state index contributed by atoms with van der Waals surface area (Å²) in [6.07, 6.45) is 3.16. The lowest BCUT2D eigenvalue weighted by molar-refractivity contribution is 0.0950. The number of ether oxygens (including phenoxy) is 1. The SMILES string of the molecule is COc1ccc(Cl)cc1CNC(=O)c1ccncc1. The highest BCUT2D eigenvalue weighted by molar-refractivity contribution is 6.30. The highest BCUT2D eigenvalue weighted by Gasteiger charge is 2.08. The van der Waals surface area contributed by atoms with Crippen molar-refractivity contribution in [1.82, 2.24) is 10.3 Å². The summed E-state index contributed by atoms with van der Waals surface area (Å²) in [6, 6.07) is 8.60. The molecule has 0 atom stereocenters. The Kier molecular flexibility index (Phi) is 4.36. The molecule has 1 amide bonds. The molecule has 98 valence electrons. The largest absolute Gasteiger partial charge is 0.496 e. The van der Waals surface area contributed by atoms with Crippen LogP contribution in [0, 0.1) is 0 Å². The van der Waals surface area contributed by atoms with E-state index in [0.717, 1.165) is 5.56 Å². The van der Waals surface area contributed by atoms with Crippen LogP contribution in [0.3, 0.4) is 0 Å². The Hall–Kier alpha value is -2.07. The molecule has 1 N–H and O–H groups in total. The summed E-state index contributed by atoms with van der Waals surface area (Å²) >= 11 is 5.93. The molecule has 0 bridgehead atoms. The van der Waals surface area contributed by atoms with Gasteiger partial charge in [0, 0.05) is 35.1 Å². The van der Waals surface area contributed by atoms with Gasteiger partial charge in [-0.05, 0) is 30.3 Å². The van der Waals surface area contributed by atoms with Crippen molar-refractivity contribution >= 4 is 17.5 Å². The van der Waals surface area contributed by atoms with E-state index in [4.69, 9.17) is 16.3 Å². The van der Waals surface area contributed by atoms with Crippen LogP contribution in [0.4, 0.5) is 0 Å². The van der Waals surface area contributed by atoms with Gasteiger partial charge in [0.1, 0.15) is 5.75 Å². The Balaban J connectivity index is 2.07. The molecule has 0 spiro atoms. The third-order valence-electron chi connectivity index (χ3n) is 2.62. The van der Waals surface area contributed by atoms with E-state index >= 15 is 0 Å². The highest BCUT2D eigenvalue weighted by Crippen LogP contribution is 2.22. The molecule has 1 aromatic heterocycles. The number of nitrogens with one attached hydrogen (secondary N) is 1. The molecular weight excluding hydrogens is 264 g/mol. The van der Waals surface area contributed by atoms with E-state index in [1.165, 1.54) is 0 Å². The average Bonchev–Trinajstić information content (AvgIpc) is 2.46. The van der Waals surface area contributed by atoms with Crippen LogP contribution in [-0.2, 0) is 6.54 Å². The van der Waals surface area contributed by atoms with Gasteiger partial charge in [0.05, 0.1) is 7.11 Å². The second kappa shape index (κ2) is 6.20. The topological polar surface area (TPSA) is 51.2 Å². The Labute approximate surface area is 116 Å². The highest BCUT2D eigenvalue weighted by atomic mass is 35.5. The van der Waals surface area contributed by atoms with Crippen molar-refractivity contribution < 1.29 is 9.53 Å². The minimum Gasteiger partial charge on any atom is -0.496 e. The minimum absolute atomic E-state index is 0.163. The number of aromatic nitrogens is 1. The van der Waals surface area contributed by atoms with Crippen LogP contribution in [-0.4, -0.2) is 18.0 Å². The molecule has 0 radical (unpaired) electrons. The van der Waals surface area contributed by atoms with Crippen molar-refractivity contribution in [3.63, 3.8) is 0 Å². The van der Waals surface area contributed by atoms with E-state index in [9.17, 15) is 4.79 Å². The van der Waals surface area contributed by atoms with E-state index in [-0.39, 0.29) is 5.91 Å². The van der Waals surface area contributed by atoms with Gasteiger partial charge in [-0.1, -0.05) is 11.6 Å². The van der Waals surface area contributed by atoms with Crippen LogP contribution in [0.1, 0.15) is 15.9 Å². The summed E-state index contributed by atoms with van der Waals surface area (Å²) in [5.74, 6) is 0.531. The molecule has 0 saturated carbocycles. The van der Waals surface area contributed by atoms with Crippen LogP contribution >= 0.6 is 11.6 Å². The molecule has 1 aromatic carbocycles. The summed E-state index contributed by atoms with van der Waals surface area (Å²) in [7, 11) is 1.58. The quantitative estimate of drug-likeness (QED) is 0.934. The predicted octanol–water partition coefficient (Wildman–Crippen LogP) is 2.67. The first-order chi connectivity index (χ1) is 9.20. The third-order valence-corrected chi connectivity index (χ3v) is 2.86. The van der Waals surface area contributed by atoms with Crippen LogP contribution in [0.2, 0.25) is 5.02 Å². The van der Waals surface area contributed by atoms with Gasteiger partial charge in [0.2, 0.25) is 0 Å². The number of rotatable bonds is 4. The maximum Gasteiger partial charge on any atom is 0.251 e. The van der Waals surface area contributed by atoms with E-state index in [1.807, 2.05) is 0 Å². The minimum atomic E-state index is -0.163. The summed E-state index contributed by atoms with van der Waals surface area (Å²) < 4.78 is 5.22. The Bertz CT molecular complexity index is 573. The molecule has 0 fully saturated rings. The summed E-state index contributed by atoms with van der Waals surface area (Å²) in [5, 5.41) is 3.42. The van der Waals surface area contributed by atoms with Gasteiger partial charge in [-0.2, -0.15) is 0 Å². The number of carbonyl (C=O) groups is 1. The molecule has 4 nitrogen and oxygen atoms in total. The number of hydrogen-bond acceptors (Lipinski definition) is 3. The molecule has 1 heterocycles. The van der Waals surface area contributed by atoms with Gasteiger partial charge in [0.25, 0.3) is 5.91 Å². The fourth-order valence-electron chi connectivity index (χ4n) is 1.67. The normalized spacial score (nSPS) is 10.0. The van der Waals surface area contributed by atoms with Crippen molar-refractivity contribution in [2.24, 2.45) is 0 Å². The summed E-state index contributed by atoms with van der Waals surface area (Å²) in [5.41, 5.74) is 1.40. The molecule has 2 aromatic rings. The molecule has 0 aliphatic rings. The van der Waals surface area contributed by atoms with Crippen LogP contribution in [0.15, 0.2) is 42.7 Å². The van der Waals surface area contributed by atoms with E-state index < -0.39 is 0 Å². The van der Waals surface area contributed by atoms with Crippen molar-refractivity contribution in [3.05, 3.63) is 58.9 Å². The van der Waals surface area contributed by atoms with Gasteiger partial charge < -0.3 is 10.1 Å². The smallest absolute Gasteiger partial charge is 0.251 e. The Morgan fingerprint density at radius 2 is 2.05 bits per heavy atom. The van der Waals surface area contributed by atoms with Gasteiger partial charge in [-0.25, -0.2) is 0 Å². The monoisotopic (exact) mass is 276 g/mol. The van der Waals surface area contributed by atoms with Crippen LogP contribution in [0.25, 0.3) is 0 Å². The maximum atomic E-state index is 11.9.